The van der Waals surface area contributed by atoms with Crippen molar-refractivity contribution in [1.29, 1.82) is 0 Å². The fraction of sp³-hybridized carbons (Fsp3) is 0.200. The zero-order valence-electron chi connectivity index (χ0n) is 20.3. The van der Waals surface area contributed by atoms with Crippen LogP contribution in [-0.2, 0) is 14.1 Å². The van der Waals surface area contributed by atoms with Crippen LogP contribution in [0.3, 0.4) is 0 Å². The molecule has 0 amide bonds. The van der Waals surface area contributed by atoms with Gasteiger partial charge in [-0.2, -0.15) is 0 Å². The van der Waals surface area contributed by atoms with Gasteiger partial charge in [0, 0.05) is 0 Å². The van der Waals surface area contributed by atoms with Crippen molar-refractivity contribution in [2.45, 2.75) is 42.7 Å². The molecule has 0 unspecified atom stereocenters. The van der Waals surface area contributed by atoms with Crippen LogP contribution in [0.1, 0.15) is 32.1 Å². The third-order valence-electron chi connectivity index (χ3n) is 7.49. The second-order valence-electron chi connectivity index (χ2n) is 9.50. The van der Waals surface area contributed by atoms with Crippen molar-refractivity contribution in [3.05, 3.63) is 119 Å². The van der Waals surface area contributed by atoms with Gasteiger partial charge in [0.15, 0.2) is 0 Å². The van der Waals surface area contributed by atoms with Gasteiger partial charge in [0.2, 0.25) is 0 Å². The summed E-state index contributed by atoms with van der Waals surface area (Å²) in [5.74, 6) is 0. The van der Waals surface area contributed by atoms with E-state index in [1.807, 2.05) is 91.0 Å². The first-order valence-electron chi connectivity index (χ1n) is 12.5. The standard InChI is InChI=1S/C30H29Cl2O3PS/c31-24-21-22-29(32)30(23-24)37(33,34)35-36(25-13-5-1-6-14-25,26-15-7-2-8-16-26,27-17-9-3-10-18-27)28-19-11-4-12-20-28/h1-3,5-10,13-18,21-23,28H,4,11-12,19-20H2. The van der Waals surface area contributed by atoms with Gasteiger partial charge >= 0.3 is 230 Å². The zero-order valence-corrected chi connectivity index (χ0v) is 23.6. The fourth-order valence-corrected chi connectivity index (χ4v) is 16.4. The summed E-state index contributed by atoms with van der Waals surface area (Å²) in [5, 5.41) is 3.03. The van der Waals surface area contributed by atoms with Crippen molar-refractivity contribution in [3.63, 3.8) is 0 Å². The summed E-state index contributed by atoms with van der Waals surface area (Å²) in [4.78, 5) is -0.116. The third kappa shape index (κ3) is 4.43. The second kappa shape index (κ2) is 10.5. The normalized spacial score (nSPS) is 16.1. The molecule has 4 aromatic rings. The maximum atomic E-state index is 14.5. The quantitative estimate of drug-likeness (QED) is 0.216. The van der Waals surface area contributed by atoms with Gasteiger partial charge in [-0.3, -0.25) is 0 Å². The molecule has 1 saturated carbocycles. The van der Waals surface area contributed by atoms with E-state index in [-0.39, 0.29) is 20.6 Å². The average molecular weight is 572 g/mol. The first kappa shape index (κ1) is 26.4. The van der Waals surface area contributed by atoms with Crippen LogP contribution in [0.5, 0.6) is 0 Å². The van der Waals surface area contributed by atoms with Crippen LogP contribution in [0, 0.1) is 0 Å². The summed E-state index contributed by atoms with van der Waals surface area (Å²) in [6, 6.07) is 34.3. The second-order valence-corrected chi connectivity index (χ2v) is 16.8. The molecule has 0 spiro atoms. The molecular formula is C30H29Cl2O3PS. The van der Waals surface area contributed by atoms with Crippen LogP contribution < -0.4 is 15.9 Å². The number of benzene rings is 4. The van der Waals surface area contributed by atoms with E-state index in [0.717, 1.165) is 48.0 Å². The van der Waals surface area contributed by atoms with Gasteiger partial charge < -0.3 is 0 Å². The molecule has 0 bridgehead atoms. The molecule has 0 atom stereocenters. The maximum absolute atomic E-state index is 14.5. The molecule has 5 rings (SSSR count). The minimum atomic E-state index is -4.38. The molecular weight excluding hydrogens is 542 g/mol. The van der Waals surface area contributed by atoms with Gasteiger partial charge in [0.05, 0.1) is 0 Å². The van der Waals surface area contributed by atoms with Crippen molar-refractivity contribution in [1.82, 2.24) is 0 Å². The Morgan fingerprint density at radius 1 is 0.649 bits per heavy atom. The van der Waals surface area contributed by atoms with Gasteiger partial charge in [0.25, 0.3) is 0 Å². The van der Waals surface area contributed by atoms with Crippen molar-refractivity contribution >= 4 is 56.1 Å². The Hall–Kier alpha value is -2.20. The predicted octanol–water partition coefficient (Wildman–Crippen LogP) is 7.48. The van der Waals surface area contributed by atoms with Crippen LogP contribution in [0.4, 0.5) is 0 Å². The third-order valence-corrected chi connectivity index (χ3v) is 17.0. The van der Waals surface area contributed by atoms with Crippen LogP contribution in [0.15, 0.2) is 114 Å². The zero-order chi connectivity index (χ0) is 26.0. The summed E-state index contributed by atoms with van der Waals surface area (Å²) in [6.07, 6.45) is 4.85. The molecule has 3 nitrogen and oxygen atoms in total. The summed E-state index contributed by atoms with van der Waals surface area (Å²) >= 11 is 12.7. The van der Waals surface area contributed by atoms with E-state index in [1.54, 1.807) is 6.07 Å². The summed E-state index contributed by atoms with van der Waals surface area (Å²) in [6.45, 7) is -4.16. The SMILES string of the molecule is O=S(=O)(OP(c1ccccc1)(c1ccccc1)(c1ccccc1)C1CCCCC1)c1cc(Cl)ccc1Cl. The fourth-order valence-electron chi connectivity index (χ4n) is 5.93. The molecule has 1 aliphatic rings. The van der Waals surface area contributed by atoms with Gasteiger partial charge in [0.1, 0.15) is 0 Å². The van der Waals surface area contributed by atoms with Crippen molar-refractivity contribution in [2.75, 3.05) is 0 Å². The number of halogens is 2. The molecule has 4 aromatic carbocycles. The summed E-state index contributed by atoms with van der Waals surface area (Å²) in [5.41, 5.74) is -0.0420. The van der Waals surface area contributed by atoms with Gasteiger partial charge in [-0.25, -0.2) is 0 Å². The van der Waals surface area contributed by atoms with E-state index >= 15 is 0 Å². The molecule has 1 aliphatic carbocycles. The Balaban J connectivity index is 1.96. The van der Waals surface area contributed by atoms with E-state index in [1.165, 1.54) is 12.1 Å². The van der Waals surface area contributed by atoms with Crippen molar-refractivity contribution in [2.24, 2.45) is 0 Å². The number of hydrogen-bond acceptors (Lipinski definition) is 3. The number of rotatable bonds is 7. The molecule has 0 radical (unpaired) electrons. The minimum absolute atomic E-state index is 0.0420. The van der Waals surface area contributed by atoms with Crippen LogP contribution in [-0.4, -0.2) is 14.1 Å². The van der Waals surface area contributed by atoms with E-state index in [9.17, 15) is 8.42 Å². The Labute approximate surface area is 229 Å². The molecule has 0 aliphatic heterocycles. The van der Waals surface area contributed by atoms with E-state index < -0.39 is 16.9 Å². The predicted molar refractivity (Wildman–Crippen MR) is 157 cm³/mol. The molecule has 0 heterocycles. The monoisotopic (exact) mass is 570 g/mol. The molecule has 192 valence electrons. The Morgan fingerprint density at radius 3 is 1.57 bits per heavy atom. The van der Waals surface area contributed by atoms with Gasteiger partial charge in [-0.05, 0) is 0 Å². The molecule has 1 fully saturated rings. The Kier molecular flexibility index (Phi) is 7.51. The summed E-state index contributed by atoms with van der Waals surface area (Å²) < 4.78 is 35.9. The molecule has 0 saturated heterocycles. The molecule has 7 heteroatoms. The van der Waals surface area contributed by atoms with Crippen molar-refractivity contribution in [3.8, 4) is 0 Å². The van der Waals surface area contributed by atoms with Gasteiger partial charge in [-0.1, -0.05) is 0 Å². The summed E-state index contributed by atoms with van der Waals surface area (Å²) in [7, 11) is -4.38. The van der Waals surface area contributed by atoms with Crippen molar-refractivity contribution < 1.29 is 12.4 Å². The topological polar surface area (TPSA) is 43.4 Å². The van der Waals surface area contributed by atoms with Crippen LogP contribution >= 0.6 is 30.0 Å². The first-order chi connectivity index (χ1) is 17.9. The Bertz CT molecular complexity index is 1370. The van der Waals surface area contributed by atoms with Crippen LogP contribution in [0.25, 0.3) is 0 Å². The Morgan fingerprint density at radius 2 is 1.11 bits per heavy atom. The van der Waals surface area contributed by atoms with Crippen LogP contribution in [0.2, 0.25) is 10.0 Å². The molecule has 0 N–H and O–H groups in total. The first-order valence-corrected chi connectivity index (χ1v) is 16.9. The van der Waals surface area contributed by atoms with E-state index in [4.69, 9.17) is 27.2 Å². The van der Waals surface area contributed by atoms with E-state index in [0.29, 0.717) is 0 Å². The molecule has 0 aromatic heterocycles. The van der Waals surface area contributed by atoms with Gasteiger partial charge in [-0.15, -0.1) is 0 Å². The average Bonchev–Trinajstić information content (AvgIpc) is 2.95. The van der Waals surface area contributed by atoms with E-state index in [2.05, 4.69) is 0 Å². The molecule has 37 heavy (non-hydrogen) atoms. The number of hydrogen-bond donors (Lipinski definition) is 0.